The fraction of sp³-hybridized carbons (Fsp3) is 0.445. The molecule has 0 bridgehead atoms. The summed E-state index contributed by atoms with van der Waals surface area (Å²) in [5, 5.41) is 103. The third kappa shape index (κ3) is 50.3. The van der Waals surface area contributed by atoms with Crippen molar-refractivity contribution in [2.75, 3.05) is 6.61 Å². The molecule has 6 aliphatic carbocycles. The predicted octanol–water partition coefficient (Wildman–Crippen LogP) is 29.6. The van der Waals surface area contributed by atoms with Crippen LogP contribution >= 0.6 is 0 Å². The number of aliphatic hydroxyl groups is 6. The molecule has 0 spiro atoms. The van der Waals surface area contributed by atoms with Crippen molar-refractivity contribution in [2.24, 2.45) is 32.5 Å². The molecule has 784 valence electrons. The first kappa shape index (κ1) is 133. The summed E-state index contributed by atoms with van der Waals surface area (Å²) in [6.45, 7) is 65.6. The topological polar surface area (TPSA) is 331 Å². The van der Waals surface area contributed by atoms with E-state index in [4.69, 9.17) is 26.2 Å². The zero-order valence-electron chi connectivity index (χ0n) is 93.5. The molecule has 0 amide bonds. The number of ether oxygens (including phenoxy) is 1. The minimum atomic E-state index is -1.22. The highest BCUT2D eigenvalue weighted by atomic mass is 16.5. The van der Waals surface area contributed by atoms with Crippen molar-refractivity contribution in [1.29, 1.82) is 21.0 Å². The normalized spacial score (nSPS) is 22.2. The summed E-state index contributed by atoms with van der Waals surface area (Å²) in [7, 11) is 0. The lowest BCUT2D eigenvalue weighted by Gasteiger charge is -2.35. The van der Waals surface area contributed by atoms with Crippen LogP contribution in [-0.4, -0.2) is 110 Å². The average Bonchev–Trinajstić information content (AvgIpc) is 0.829. The van der Waals surface area contributed by atoms with Gasteiger partial charge in [-0.2, -0.15) is 21.0 Å². The molecular weight excluding hydrogens is 1800 g/mol. The lowest BCUT2D eigenvalue weighted by molar-refractivity contribution is -0.138. The smallest absolute Gasteiger partial charge is 0.348 e. The number of rotatable bonds is 30. The number of esters is 1. The molecule has 0 saturated carbocycles. The van der Waals surface area contributed by atoms with E-state index in [0.717, 1.165) is 191 Å². The third-order valence-electron chi connectivity index (χ3n) is 26.7. The summed E-state index contributed by atoms with van der Waals surface area (Å²) >= 11 is 0. The minimum Gasteiger partial charge on any atom is -0.477 e. The van der Waals surface area contributed by atoms with Gasteiger partial charge in [0, 0.05) is 12.2 Å². The Morgan fingerprint density at radius 2 is 0.538 bits per heavy atom. The van der Waals surface area contributed by atoms with Gasteiger partial charge in [-0.25, -0.2) is 9.59 Å². The lowest BCUT2D eigenvalue weighted by atomic mass is 9.71. The van der Waals surface area contributed by atoms with E-state index < -0.39 is 11.9 Å². The Morgan fingerprint density at radius 1 is 0.310 bits per heavy atom. The number of carboxylic acids is 1. The highest BCUT2D eigenvalue weighted by Gasteiger charge is 2.36. The maximum absolute atomic E-state index is 10.9. The lowest BCUT2D eigenvalue weighted by Crippen LogP contribution is -2.27. The van der Waals surface area contributed by atoms with Crippen LogP contribution in [0, 0.1) is 77.8 Å². The minimum absolute atomic E-state index is 0.0401. The van der Waals surface area contributed by atoms with Gasteiger partial charge in [-0.15, -0.1) is 0 Å². The number of nitriles is 4. The van der Waals surface area contributed by atoms with Crippen molar-refractivity contribution in [2.45, 2.75) is 335 Å². The molecule has 6 unspecified atom stereocenters. The van der Waals surface area contributed by atoms with Gasteiger partial charge in [0.05, 0.1) is 55.4 Å². The summed E-state index contributed by atoms with van der Waals surface area (Å²) in [4.78, 5) is 52.7. The van der Waals surface area contributed by atoms with Gasteiger partial charge in [-0.3, -0.25) is 14.4 Å². The molecule has 145 heavy (non-hydrogen) atoms. The summed E-state index contributed by atoms with van der Waals surface area (Å²) in [5.41, 5.74) is 25.8. The molecule has 0 aromatic rings. The number of aldehydes is 3. The Bertz CT molecular complexity index is 5670. The molecule has 0 fully saturated rings. The van der Waals surface area contributed by atoms with E-state index in [9.17, 15) is 54.6 Å². The quantitative estimate of drug-likeness (QED) is 0.0115. The second kappa shape index (κ2) is 67.3. The fourth-order valence-electron chi connectivity index (χ4n) is 16.9. The number of carboxylic acid groups (broad SMARTS) is 1. The Hall–Kier alpha value is -12.4. The van der Waals surface area contributed by atoms with Crippen molar-refractivity contribution in [3.63, 3.8) is 0 Å². The van der Waals surface area contributed by atoms with Crippen molar-refractivity contribution in [3.05, 3.63) is 364 Å². The molecule has 0 aromatic carbocycles. The summed E-state index contributed by atoms with van der Waals surface area (Å²) < 4.78 is 4.64. The van der Waals surface area contributed by atoms with Gasteiger partial charge in [-0.05, 0) is 355 Å². The molecule has 0 heterocycles. The maximum atomic E-state index is 10.9. The van der Waals surface area contributed by atoms with E-state index in [1.54, 1.807) is 70.2 Å². The number of carbonyl (C=O) groups is 5. The molecule has 0 saturated heterocycles. The van der Waals surface area contributed by atoms with Crippen molar-refractivity contribution < 1.29 is 64.5 Å². The Balaban J connectivity index is 0.00000169. The first-order valence-electron chi connectivity index (χ1n) is 50.3. The second-order valence-corrected chi connectivity index (χ2v) is 42.2. The Morgan fingerprint density at radius 3 is 0.759 bits per heavy atom. The van der Waals surface area contributed by atoms with Crippen molar-refractivity contribution in [1.82, 2.24) is 0 Å². The van der Waals surface area contributed by atoms with Gasteiger partial charge in [0.1, 0.15) is 42.1 Å². The molecule has 0 aliphatic heterocycles. The van der Waals surface area contributed by atoms with E-state index in [2.05, 4.69) is 169 Å². The number of nitrogens with zero attached hydrogens (tertiary/aromatic N) is 4. The van der Waals surface area contributed by atoms with E-state index >= 15 is 0 Å². The van der Waals surface area contributed by atoms with Crippen LogP contribution < -0.4 is 0 Å². The van der Waals surface area contributed by atoms with Crippen LogP contribution in [0.25, 0.3) is 0 Å². The van der Waals surface area contributed by atoms with E-state index in [1.165, 1.54) is 52.2 Å². The number of aliphatic hydroxyl groups excluding tert-OH is 6. The molecular formula is C128H174N4O13. The monoisotopic (exact) mass is 1980 g/mol. The first-order chi connectivity index (χ1) is 67.7. The van der Waals surface area contributed by atoms with Crippen LogP contribution in [0.15, 0.2) is 364 Å². The second-order valence-electron chi connectivity index (χ2n) is 42.2. The third-order valence-corrected chi connectivity index (χ3v) is 26.7. The number of aliphatic carboxylic acids is 1. The molecule has 6 rings (SSSR count). The van der Waals surface area contributed by atoms with Crippen LogP contribution in [0.1, 0.15) is 299 Å². The van der Waals surface area contributed by atoms with Gasteiger partial charge in [0.15, 0.2) is 0 Å². The van der Waals surface area contributed by atoms with Crippen molar-refractivity contribution in [3.8, 4) is 24.3 Å². The van der Waals surface area contributed by atoms with Crippen LogP contribution in [0.2, 0.25) is 0 Å². The SMILES string of the molecule is CC1=C(/C=C/C(C)=C/C=C/C(C)=C(/C#N)C(=O)O)C(C)(C)CCC1O.CC1=C(/C=C/C(C)=C/C=C/C(C)=C/C#N)C(C)(C)CCC1O.CC1=C(/C=C/C(C)=C/C=C/C(C)=C/C=C/C#N)C(C)(C)CCC1O.CC1=C(/C=C/C(C)=C/C=C/C(C)=C/C=C/C=O)C(C)(C)CCC1O.CC1=C(/C=C/C(C)=C/C=C/C(C)=C/C=O)C(C)(C)CCC1O.CC1=C(/C=C/C(C)=C/C=O)C(C)(C)CCC1O.CCOC(=O)C(C#N)=C(C)C. The van der Waals surface area contributed by atoms with Crippen LogP contribution in [0.4, 0.5) is 0 Å². The Kier molecular flexibility index (Phi) is 61.6. The molecule has 17 heteroatoms. The standard InChI is InChI=1S/C22H29NO.C22H30O2.C21H27NO3.C20H27NO.C20H28O2.C15H22O2.C8H11NO2/c2*1-17(9-6-7-16-23)10-8-11-18(2)12-13-20-19(3)21(24)14-15-22(20,4)5;1-14(7-6-8-15(2)17(13-22)20(24)25)9-10-18-16(3)19(23)11-12-21(18,4)5;2*1-15(7-6-8-16(2)12-14-21)9-10-18-17(3)19(22)11-13-20(18,4)5;1-11(8-10-16)5-6-13-12(2)14(17)7-9-15(13,3)4;1-4-11-8(10)7(5-9)6(2)3/h6-13,21,24H,14-15H2,1-5H3;6-13,16,21,24H,14-15H2,1-5H3;6-10,19,23H,11-12H2,1-5H3,(H,24,25);6-10,12,19,22H,11,13H2,1-5H3;6-10,12,14,19,22H,11,13H2,1-5H3;5-6,8,10,14,17H,7,9H2,1-4H3;4H2,1-3H3/b2*7-6+,10-8+,13-12+,17-9+,18-11+;8-6+,10-9+,14-7+,17-15-;2*8-6+,10-9+,15-7+,16-12+;6-5+,11-8+;. The van der Waals surface area contributed by atoms with Gasteiger partial charge < -0.3 is 40.5 Å². The van der Waals surface area contributed by atoms with E-state index in [0.29, 0.717) is 17.8 Å². The van der Waals surface area contributed by atoms with E-state index in [1.807, 2.05) is 206 Å². The van der Waals surface area contributed by atoms with Gasteiger partial charge >= 0.3 is 11.9 Å². The molecule has 17 nitrogen and oxygen atoms in total. The Labute approximate surface area is 873 Å². The summed E-state index contributed by atoms with van der Waals surface area (Å²) in [6, 6.07) is 7.46. The van der Waals surface area contributed by atoms with Crippen LogP contribution in [-0.2, 0) is 28.7 Å². The van der Waals surface area contributed by atoms with Crippen molar-refractivity contribution >= 4 is 30.8 Å². The van der Waals surface area contributed by atoms with Gasteiger partial charge in [0.2, 0.25) is 0 Å². The molecule has 7 N–H and O–H groups in total. The number of hydrogen-bond donors (Lipinski definition) is 7. The van der Waals surface area contributed by atoms with Crippen LogP contribution in [0.3, 0.4) is 0 Å². The molecule has 0 aromatic heterocycles. The van der Waals surface area contributed by atoms with E-state index in [-0.39, 0.29) is 80.3 Å². The fourth-order valence-corrected chi connectivity index (χ4v) is 16.9. The predicted molar refractivity (Wildman–Crippen MR) is 603 cm³/mol. The van der Waals surface area contributed by atoms with Gasteiger partial charge in [0.25, 0.3) is 0 Å². The average molecular weight is 1980 g/mol. The molecule has 0 radical (unpaired) electrons. The highest BCUT2D eigenvalue weighted by molar-refractivity contribution is 5.93. The number of carbonyl (C=O) groups excluding carboxylic acids is 4. The summed E-state index contributed by atoms with van der Waals surface area (Å²) in [5.74, 6) is -1.75. The number of allylic oxidation sites excluding steroid dienone is 54. The number of hydrogen-bond acceptors (Lipinski definition) is 16. The first-order valence-corrected chi connectivity index (χ1v) is 50.3. The maximum Gasteiger partial charge on any atom is 0.348 e. The van der Waals surface area contributed by atoms with Gasteiger partial charge in [-0.1, -0.05) is 316 Å². The molecule has 6 aliphatic rings. The summed E-state index contributed by atoms with van der Waals surface area (Å²) in [6.07, 6.45) is 80.2. The largest absolute Gasteiger partial charge is 0.477 e. The highest BCUT2D eigenvalue weighted by Crippen LogP contribution is 2.47. The zero-order valence-corrected chi connectivity index (χ0v) is 93.5. The zero-order chi connectivity index (χ0) is 111. The van der Waals surface area contributed by atoms with Crippen LogP contribution in [0.5, 0.6) is 0 Å². The molecule has 6 atom stereocenters.